The number of hydrogen-bond donors (Lipinski definition) is 2. The molecule has 19 heavy (non-hydrogen) atoms. The van der Waals surface area contributed by atoms with Crippen molar-refractivity contribution in [3.05, 3.63) is 17.1 Å². The van der Waals surface area contributed by atoms with Gasteiger partial charge in [-0.3, -0.25) is 4.57 Å². The quantitative estimate of drug-likeness (QED) is 0.628. The van der Waals surface area contributed by atoms with Crippen LogP contribution in [0.15, 0.2) is 11.9 Å². The Morgan fingerprint density at radius 2 is 2.42 bits per heavy atom. The van der Waals surface area contributed by atoms with Crippen molar-refractivity contribution >= 4 is 34.9 Å². The van der Waals surface area contributed by atoms with Gasteiger partial charge in [-0.15, -0.1) is 6.42 Å². The Morgan fingerprint density at radius 3 is 3.05 bits per heavy atom. The zero-order valence-electron chi connectivity index (χ0n) is 9.84. The van der Waals surface area contributed by atoms with E-state index in [1.54, 1.807) is 17.1 Å². The van der Waals surface area contributed by atoms with Crippen LogP contribution in [0.1, 0.15) is 6.42 Å². The summed E-state index contributed by atoms with van der Waals surface area (Å²) in [6.45, 7) is -0.0696. The van der Waals surface area contributed by atoms with Gasteiger partial charge in [-0.25, -0.2) is 4.98 Å². The Morgan fingerprint density at radius 1 is 1.63 bits per heavy atom. The van der Waals surface area contributed by atoms with Crippen molar-refractivity contribution in [2.75, 3.05) is 12.3 Å². The molecule has 6 nitrogen and oxygen atoms in total. The molecule has 7 heteroatoms. The van der Waals surface area contributed by atoms with E-state index >= 15 is 0 Å². The van der Waals surface area contributed by atoms with Crippen molar-refractivity contribution in [1.29, 1.82) is 0 Å². The van der Waals surface area contributed by atoms with E-state index in [1.165, 1.54) is 0 Å². The van der Waals surface area contributed by atoms with Gasteiger partial charge in [-0.1, -0.05) is 17.5 Å². The molecular formula is C12H10ClN5O. The smallest absolute Gasteiger partial charge is 0.223 e. The number of aliphatic hydroxyl groups is 1. The summed E-state index contributed by atoms with van der Waals surface area (Å²) >= 11 is 5.94. The molecule has 3 rings (SSSR count). The summed E-state index contributed by atoms with van der Waals surface area (Å²) in [4.78, 5) is 12.1. The molecule has 2 aromatic heterocycles. The van der Waals surface area contributed by atoms with Gasteiger partial charge >= 0.3 is 0 Å². The first-order valence-corrected chi connectivity index (χ1v) is 5.93. The van der Waals surface area contributed by atoms with Crippen LogP contribution < -0.4 is 5.73 Å². The zero-order valence-corrected chi connectivity index (χ0v) is 10.6. The summed E-state index contributed by atoms with van der Waals surface area (Å²) in [5, 5.41) is 9.49. The first-order chi connectivity index (χ1) is 9.09. The molecule has 1 unspecified atom stereocenters. The number of nitrogens with two attached hydrogens (primary N) is 1. The van der Waals surface area contributed by atoms with Crippen LogP contribution in [-0.4, -0.2) is 31.2 Å². The second kappa shape index (κ2) is 3.95. The van der Waals surface area contributed by atoms with E-state index in [0.29, 0.717) is 17.6 Å². The number of nitrogen functional groups attached to an aromatic ring is 1. The minimum Gasteiger partial charge on any atom is -0.394 e. The first kappa shape index (κ1) is 12.0. The van der Waals surface area contributed by atoms with E-state index < -0.39 is 5.41 Å². The highest BCUT2D eigenvalue weighted by molar-refractivity contribution is 6.33. The topological polar surface area (TPSA) is 89.8 Å². The maximum atomic E-state index is 9.28. The van der Waals surface area contributed by atoms with Crippen molar-refractivity contribution in [2.24, 2.45) is 5.41 Å². The Balaban J connectivity index is 2.09. The molecule has 0 spiro atoms. The number of nitrogens with zero attached hydrogens (tertiary/aromatic N) is 4. The highest BCUT2D eigenvalue weighted by Crippen LogP contribution is 2.51. The summed E-state index contributed by atoms with van der Waals surface area (Å²) in [6.07, 6.45) is 9.44. The lowest BCUT2D eigenvalue weighted by molar-refractivity contribution is 0.254. The van der Waals surface area contributed by atoms with E-state index in [-0.39, 0.29) is 17.7 Å². The lowest BCUT2D eigenvalue weighted by Gasteiger charge is -2.00. The number of imidazole rings is 1. The average Bonchev–Trinajstić information content (AvgIpc) is 2.94. The van der Waals surface area contributed by atoms with Crippen molar-refractivity contribution in [1.82, 2.24) is 19.5 Å². The van der Waals surface area contributed by atoms with Crippen molar-refractivity contribution < 1.29 is 5.11 Å². The fourth-order valence-electron chi connectivity index (χ4n) is 1.96. The van der Waals surface area contributed by atoms with E-state index in [1.807, 2.05) is 0 Å². The van der Waals surface area contributed by atoms with Gasteiger partial charge in [0.2, 0.25) is 5.95 Å². The van der Waals surface area contributed by atoms with Crippen LogP contribution in [-0.2, 0) is 0 Å². The van der Waals surface area contributed by atoms with Gasteiger partial charge in [0.05, 0.1) is 12.0 Å². The lowest BCUT2D eigenvalue weighted by Crippen LogP contribution is -2.03. The summed E-state index contributed by atoms with van der Waals surface area (Å²) in [7, 11) is 0. The first-order valence-electron chi connectivity index (χ1n) is 5.55. The Hall–Kier alpha value is -2.10. The second-order valence-electron chi connectivity index (χ2n) is 4.41. The molecule has 1 fully saturated rings. The summed E-state index contributed by atoms with van der Waals surface area (Å²) < 4.78 is 1.68. The highest BCUT2D eigenvalue weighted by atomic mass is 35.5. The zero-order chi connectivity index (χ0) is 13.6. The summed E-state index contributed by atoms with van der Waals surface area (Å²) in [5.41, 5.74) is 6.96. The molecule has 0 aromatic carbocycles. The van der Waals surface area contributed by atoms with Gasteiger partial charge in [0.25, 0.3) is 0 Å². The molecule has 0 bridgehead atoms. The van der Waals surface area contributed by atoms with Crippen LogP contribution in [0.2, 0.25) is 5.15 Å². The molecule has 1 aliphatic carbocycles. The predicted octanol–water partition coefficient (Wildman–Crippen LogP) is 0.918. The number of rotatable bonds is 2. The summed E-state index contributed by atoms with van der Waals surface area (Å²) in [5.74, 6) is 2.68. The largest absolute Gasteiger partial charge is 0.394 e. The number of anilines is 1. The fraction of sp³-hybridized carbons (Fsp3) is 0.250. The number of aliphatic hydroxyl groups excluding tert-OH is 1. The van der Waals surface area contributed by atoms with Crippen LogP contribution in [0.3, 0.4) is 0 Å². The molecule has 0 aliphatic heterocycles. The maximum absolute atomic E-state index is 9.28. The van der Waals surface area contributed by atoms with E-state index in [0.717, 1.165) is 5.57 Å². The third-order valence-electron chi connectivity index (χ3n) is 3.22. The van der Waals surface area contributed by atoms with E-state index in [2.05, 4.69) is 20.9 Å². The number of terminal acetylenes is 1. The predicted molar refractivity (Wildman–Crippen MR) is 72.0 cm³/mol. The average molecular weight is 276 g/mol. The molecule has 0 saturated heterocycles. The SMILES string of the molecule is C#CC1(CO)C/C1=C/n1cnc2c(Cl)nc(N)nc21. The van der Waals surface area contributed by atoms with Gasteiger partial charge in [0.1, 0.15) is 11.8 Å². The van der Waals surface area contributed by atoms with Crippen LogP contribution in [0.5, 0.6) is 0 Å². The molecule has 2 aromatic rings. The lowest BCUT2D eigenvalue weighted by atomic mass is 10.1. The van der Waals surface area contributed by atoms with Gasteiger partial charge in [0, 0.05) is 6.20 Å². The number of fused-ring (bicyclic) bond motifs is 1. The second-order valence-corrected chi connectivity index (χ2v) is 4.77. The third kappa shape index (κ3) is 1.75. The normalized spacial score (nSPS) is 23.7. The van der Waals surface area contributed by atoms with E-state index in [4.69, 9.17) is 23.8 Å². The molecule has 2 heterocycles. The van der Waals surface area contributed by atoms with Crippen LogP contribution >= 0.6 is 11.6 Å². The molecule has 1 saturated carbocycles. The standard InChI is InChI=1S/C12H10ClN5O/c1-2-12(5-19)3-7(12)4-18-6-15-8-9(13)16-11(14)17-10(8)18/h1,4,6,19H,3,5H2,(H2,14,16,17)/b7-4-. The minimum absolute atomic E-state index is 0.0696. The Bertz CT molecular complexity index is 744. The van der Waals surface area contributed by atoms with Crippen molar-refractivity contribution in [3.8, 4) is 12.3 Å². The Kier molecular flexibility index (Phi) is 2.49. The Labute approximate surface area is 113 Å². The molecule has 3 N–H and O–H groups in total. The molecule has 96 valence electrons. The number of aromatic nitrogens is 4. The van der Waals surface area contributed by atoms with Gasteiger partial charge < -0.3 is 10.8 Å². The van der Waals surface area contributed by atoms with Gasteiger partial charge in [0.15, 0.2) is 10.8 Å². The van der Waals surface area contributed by atoms with Crippen molar-refractivity contribution in [3.63, 3.8) is 0 Å². The highest BCUT2D eigenvalue weighted by Gasteiger charge is 2.47. The molecule has 1 atom stereocenters. The van der Waals surface area contributed by atoms with Crippen molar-refractivity contribution in [2.45, 2.75) is 6.42 Å². The number of halogens is 1. The maximum Gasteiger partial charge on any atom is 0.223 e. The summed E-state index contributed by atoms with van der Waals surface area (Å²) in [6, 6.07) is 0. The monoisotopic (exact) mass is 275 g/mol. The van der Waals surface area contributed by atoms with Crippen LogP contribution in [0.4, 0.5) is 5.95 Å². The van der Waals surface area contributed by atoms with Crippen LogP contribution in [0, 0.1) is 17.8 Å². The molecular weight excluding hydrogens is 266 g/mol. The minimum atomic E-state index is -0.543. The molecule has 0 radical (unpaired) electrons. The number of hydrogen-bond acceptors (Lipinski definition) is 5. The van der Waals surface area contributed by atoms with Crippen LogP contribution in [0.25, 0.3) is 17.4 Å². The molecule has 1 aliphatic rings. The van der Waals surface area contributed by atoms with E-state index in [9.17, 15) is 5.11 Å². The molecule has 0 amide bonds. The third-order valence-corrected chi connectivity index (χ3v) is 3.48. The van der Waals surface area contributed by atoms with Gasteiger partial charge in [-0.2, -0.15) is 9.97 Å². The van der Waals surface area contributed by atoms with Gasteiger partial charge in [-0.05, 0) is 12.0 Å². The fourth-order valence-corrected chi connectivity index (χ4v) is 2.18.